The minimum atomic E-state index is -0.160. The van der Waals surface area contributed by atoms with Crippen LogP contribution < -0.4 is 5.32 Å². The highest BCUT2D eigenvalue weighted by Gasteiger charge is 2.57. The Morgan fingerprint density at radius 2 is 1.22 bits per heavy atom. The van der Waals surface area contributed by atoms with Crippen LogP contribution in [-0.4, -0.2) is 0 Å². The van der Waals surface area contributed by atoms with Gasteiger partial charge in [0.1, 0.15) is 0 Å². The molecule has 0 amide bonds. The summed E-state index contributed by atoms with van der Waals surface area (Å²) in [5.41, 5.74) is 10.7. The van der Waals surface area contributed by atoms with Crippen LogP contribution in [0.15, 0.2) is 139 Å². The summed E-state index contributed by atoms with van der Waals surface area (Å²) in [6.45, 7) is 0. The van der Waals surface area contributed by atoms with Gasteiger partial charge in [-0.05, 0) is 50.9 Å². The molecule has 0 bridgehead atoms. The third-order valence-corrected chi connectivity index (χ3v) is 8.54. The number of benzene rings is 5. The molecule has 2 unspecified atom stereocenters. The molecule has 1 nitrogen and oxygen atoms in total. The molecule has 0 radical (unpaired) electrons. The molecule has 170 valence electrons. The number of nitrogens with one attached hydrogen (secondary N) is 1. The van der Waals surface area contributed by atoms with Crippen molar-refractivity contribution in [3.8, 4) is 11.1 Å². The van der Waals surface area contributed by atoms with Gasteiger partial charge in [-0.25, -0.2) is 0 Å². The first-order valence-electron chi connectivity index (χ1n) is 12.8. The van der Waals surface area contributed by atoms with Gasteiger partial charge in [0.25, 0.3) is 0 Å². The summed E-state index contributed by atoms with van der Waals surface area (Å²) in [5, 5.41) is 6.26. The van der Waals surface area contributed by atoms with Crippen molar-refractivity contribution in [2.75, 3.05) is 5.32 Å². The lowest BCUT2D eigenvalue weighted by Gasteiger charge is -2.36. The van der Waals surface area contributed by atoms with E-state index in [2.05, 4.69) is 139 Å². The lowest BCUT2D eigenvalue weighted by Crippen LogP contribution is -2.33. The summed E-state index contributed by atoms with van der Waals surface area (Å²) in [5.74, 6) is 0.639. The van der Waals surface area contributed by atoms with Crippen molar-refractivity contribution < 1.29 is 0 Å². The third-order valence-electron chi connectivity index (χ3n) is 8.54. The van der Waals surface area contributed by atoms with Crippen LogP contribution in [0.1, 0.15) is 28.2 Å². The average Bonchev–Trinajstić information content (AvgIpc) is 3.40. The van der Waals surface area contributed by atoms with Crippen LogP contribution in [0.25, 0.3) is 21.9 Å². The van der Waals surface area contributed by atoms with Crippen molar-refractivity contribution in [2.24, 2.45) is 5.92 Å². The summed E-state index contributed by atoms with van der Waals surface area (Å²) < 4.78 is 0. The smallest absolute Gasteiger partial charge is 0.0537 e. The zero-order valence-corrected chi connectivity index (χ0v) is 19.9. The molecular formula is C35H25N. The zero-order valence-electron chi connectivity index (χ0n) is 19.9. The van der Waals surface area contributed by atoms with E-state index < -0.39 is 0 Å². The highest BCUT2D eigenvalue weighted by molar-refractivity contribution is 5.94. The van der Waals surface area contributed by atoms with Crippen molar-refractivity contribution in [3.63, 3.8) is 0 Å². The third kappa shape index (κ3) is 2.50. The van der Waals surface area contributed by atoms with Crippen LogP contribution >= 0.6 is 0 Å². The highest BCUT2D eigenvalue weighted by Crippen LogP contribution is 2.65. The number of hydrogen-bond donors (Lipinski definition) is 1. The Labute approximate surface area is 211 Å². The first-order valence-corrected chi connectivity index (χ1v) is 12.8. The largest absolute Gasteiger partial charge is 0.355 e. The van der Waals surface area contributed by atoms with Gasteiger partial charge in [-0.15, -0.1) is 0 Å². The van der Waals surface area contributed by atoms with Gasteiger partial charge < -0.3 is 5.32 Å². The number of anilines is 1. The van der Waals surface area contributed by atoms with Crippen molar-refractivity contribution in [1.29, 1.82) is 0 Å². The van der Waals surface area contributed by atoms with E-state index in [4.69, 9.17) is 0 Å². The maximum atomic E-state index is 3.76. The van der Waals surface area contributed by atoms with Crippen LogP contribution in [0.3, 0.4) is 0 Å². The normalized spacial score (nSPS) is 19.9. The van der Waals surface area contributed by atoms with Gasteiger partial charge in [0.2, 0.25) is 0 Å². The molecule has 5 aromatic carbocycles. The van der Waals surface area contributed by atoms with E-state index in [1.807, 2.05) is 0 Å². The Kier molecular flexibility index (Phi) is 4.05. The van der Waals surface area contributed by atoms with E-state index >= 15 is 0 Å². The van der Waals surface area contributed by atoms with Gasteiger partial charge in [0.05, 0.1) is 5.41 Å². The van der Waals surface area contributed by atoms with E-state index in [0.717, 1.165) is 5.69 Å². The molecule has 0 aliphatic heterocycles. The molecule has 0 heterocycles. The minimum absolute atomic E-state index is 0.160. The zero-order chi connectivity index (χ0) is 23.7. The minimum Gasteiger partial charge on any atom is -0.355 e. The second kappa shape index (κ2) is 7.32. The standard InChI is InChI=1S/C35H25N/c1-2-12-25-23(10-1)11-9-19-34(25)36-24-20-21-33-29(22-24)28-15-5-8-18-32(28)35(33)30-16-6-3-13-26(30)27-14-4-7-17-31(27)35/h1-22,29,33,36H. The Morgan fingerprint density at radius 1 is 0.583 bits per heavy atom. The van der Waals surface area contributed by atoms with Crippen molar-refractivity contribution in [3.05, 3.63) is 161 Å². The fraction of sp³-hybridized carbons (Fsp3) is 0.0857. The summed E-state index contributed by atoms with van der Waals surface area (Å²) in [6.07, 6.45) is 7.24. The molecular weight excluding hydrogens is 434 g/mol. The van der Waals surface area contributed by atoms with Crippen LogP contribution in [0.5, 0.6) is 0 Å². The first-order chi connectivity index (χ1) is 17.9. The summed E-state index contributed by atoms with van der Waals surface area (Å²) in [6, 6.07) is 42.3. The van der Waals surface area contributed by atoms with E-state index in [1.54, 1.807) is 0 Å². The molecule has 1 heteroatoms. The van der Waals surface area contributed by atoms with Gasteiger partial charge in [0, 0.05) is 28.6 Å². The molecule has 3 aliphatic rings. The fourth-order valence-electron chi connectivity index (χ4n) is 7.19. The Morgan fingerprint density at radius 3 is 2.03 bits per heavy atom. The predicted molar refractivity (Wildman–Crippen MR) is 149 cm³/mol. The van der Waals surface area contributed by atoms with E-state index in [9.17, 15) is 0 Å². The molecule has 1 N–H and O–H groups in total. The van der Waals surface area contributed by atoms with E-state index in [0.29, 0.717) is 11.8 Å². The maximum Gasteiger partial charge on any atom is 0.0537 e. The Bertz CT molecular complexity index is 1690. The van der Waals surface area contributed by atoms with Crippen molar-refractivity contribution in [1.82, 2.24) is 0 Å². The van der Waals surface area contributed by atoms with Crippen molar-refractivity contribution in [2.45, 2.75) is 11.3 Å². The monoisotopic (exact) mass is 459 g/mol. The predicted octanol–water partition coefficient (Wildman–Crippen LogP) is 8.43. The summed E-state index contributed by atoms with van der Waals surface area (Å²) >= 11 is 0. The first kappa shape index (κ1) is 19.9. The number of rotatable bonds is 2. The molecule has 0 aromatic heterocycles. The molecule has 2 atom stereocenters. The molecule has 5 aromatic rings. The fourth-order valence-corrected chi connectivity index (χ4v) is 7.19. The Balaban J connectivity index is 1.31. The maximum absolute atomic E-state index is 3.76. The van der Waals surface area contributed by atoms with Gasteiger partial charge in [-0.2, -0.15) is 0 Å². The van der Waals surface area contributed by atoms with Crippen molar-refractivity contribution >= 4 is 16.5 Å². The van der Waals surface area contributed by atoms with Crippen LogP contribution in [0.2, 0.25) is 0 Å². The van der Waals surface area contributed by atoms with Gasteiger partial charge in [-0.1, -0.05) is 121 Å². The Hall–Kier alpha value is -4.36. The van der Waals surface area contributed by atoms with Crippen LogP contribution in [-0.2, 0) is 5.41 Å². The topological polar surface area (TPSA) is 12.0 Å². The molecule has 0 saturated carbocycles. The molecule has 8 rings (SSSR count). The van der Waals surface area contributed by atoms with Gasteiger partial charge >= 0.3 is 0 Å². The molecule has 3 aliphatic carbocycles. The lowest BCUT2D eigenvalue weighted by molar-refractivity contribution is 0.464. The second-order valence-electron chi connectivity index (χ2n) is 10.2. The van der Waals surface area contributed by atoms with Gasteiger partial charge in [-0.3, -0.25) is 0 Å². The van der Waals surface area contributed by atoms with Crippen LogP contribution in [0.4, 0.5) is 5.69 Å². The molecule has 0 fully saturated rings. The molecule has 0 saturated heterocycles. The second-order valence-corrected chi connectivity index (χ2v) is 10.2. The van der Waals surface area contributed by atoms with E-state index in [1.165, 1.54) is 49.9 Å². The molecule has 1 spiro atoms. The average molecular weight is 460 g/mol. The highest BCUT2D eigenvalue weighted by atomic mass is 14.9. The van der Waals surface area contributed by atoms with E-state index in [-0.39, 0.29) is 5.41 Å². The quantitative estimate of drug-likeness (QED) is 0.279. The van der Waals surface area contributed by atoms with Crippen LogP contribution in [0, 0.1) is 5.92 Å². The number of allylic oxidation sites excluding steroid dienone is 3. The number of fused-ring (bicyclic) bond motifs is 11. The lowest BCUT2D eigenvalue weighted by atomic mass is 9.65. The SMILES string of the molecule is C1=CC2C(C=C1Nc1cccc3ccccc13)c1ccccc1C21c2ccccc2-c2ccccc21. The summed E-state index contributed by atoms with van der Waals surface area (Å²) in [7, 11) is 0. The van der Waals surface area contributed by atoms with Gasteiger partial charge in [0.15, 0.2) is 0 Å². The number of hydrogen-bond acceptors (Lipinski definition) is 1. The summed E-state index contributed by atoms with van der Waals surface area (Å²) in [4.78, 5) is 0. The molecule has 36 heavy (non-hydrogen) atoms.